The molecule has 0 amide bonds. The van der Waals surface area contributed by atoms with Crippen LogP contribution in [0, 0.1) is 0 Å². The summed E-state index contributed by atoms with van der Waals surface area (Å²) in [5.41, 5.74) is 0.389. The smallest absolute Gasteiger partial charge is 0.303 e. The number of ketones is 1. The van der Waals surface area contributed by atoms with Gasteiger partial charge < -0.3 is 10.4 Å². The maximum atomic E-state index is 12.7. The van der Waals surface area contributed by atoms with Gasteiger partial charge in [-0.3, -0.25) is 19.3 Å². The normalized spacial score (nSPS) is 21.7. The molecule has 0 fully saturated rings. The minimum Gasteiger partial charge on any atom is -0.481 e. The third kappa shape index (κ3) is 3.90. The second-order valence-corrected chi connectivity index (χ2v) is 8.67. The van der Waals surface area contributed by atoms with Crippen molar-refractivity contribution in [1.82, 2.24) is 10.0 Å². The van der Waals surface area contributed by atoms with Crippen LogP contribution in [0.5, 0.6) is 0 Å². The number of benzene rings is 1. The third-order valence-electron chi connectivity index (χ3n) is 4.75. The summed E-state index contributed by atoms with van der Waals surface area (Å²) in [6, 6.07) is 6.20. The second-order valence-electron chi connectivity index (χ2n) is 6.61. The molecule has 1 aliphatic carbocycles. The number of carbonyl (C=O) groups excluding carboxylic acids is 1. The van der Waals surface area contributed by atoms with Crippen LogP contribution in [-0.2, 0) is 19.6 Å². The van der Waals surface area contributed by atoms with Gasteiger partial charge in [-0.25, -0.2) is 8.42 Å². The number of aliphatic carboxylic acids is 1. The minimum atomic E-state index is -3.89. The number of Topliss-reactive ketones (excluding diaryl/α,β-unsaturated/α-hetero) is 1. The highest BCUT2D eigenvalue weighted by molar-refractivity contribution is 7.89. The van der Waals surface area contributed by atoms with Crippen molar-refractivity contribution in [3.05, 3.63) is 65.0 Å². The van der Waals surface area contributed by atoms with Crippen molar-refractivity contribution < 1.29 is 23.1 Å². The quantitative estimate of drug-likeness (QED) is 0.647. The molecule has 158 valence electrons. The number of rotatable bonds is 4. The largest absolute Gasteiger partial charge is 0.481 e. The summed E-state index contributed by atoms with van der Waals surface area (Å²) in [7, 11) is -3.89. The first-order chi connectivity index (χ1) is 14.2. The molecule has 30 heavy (non-hydrogen) atoms. The summed E-state index contributed by atoms with van der Waals surface area (Å²) < 4.78 is 28.0. The molecule has 1 unspecified atom stereocenters. The van der Waals surface area contributed by atoms with Gasteiger partial charge in [-0.2, -0.15) is 0 Å². The number of hydrogen-bond acceptors (Lipinski definition) is 6. The standard InChI is InChI=1S/C17H14ClN3O3S.C3H6O2/c18-12-3-1-2-4-14(12)25(23,24)21-13-5-6-15-17(11(13)7-10-20-17)16(22)8-9-19-15;1-2-3(4)5/h1-7,10,20-21H,8-9H2;2H2,1H3,(H,4,5). The SMILES string of the molecule is CCC(=O)O.O=C1CCN=C2C=CC(NS(=O)(=O)c3ccccc3Cl)=C3C=CNC123. The van der Waals surface area contributed by atoms with E-state index in [4.69, 9.17) is 16.7 Å². The molecule has 0 bridgehead atoms. The molecule has 0 aromatic heterocycles. The Bertz CT molecular complexity index is 1120. The van der Waals surface area contributed by atoms with E-state index in [1.54, 1.807) is 43.5 Å². The van der Waals surface area contributed by atoms with Gasteiger partial charge in [-0.05, 0) is 36.6 Å². The van der Waals surface area contributed by atoms with E-state index in [1.165, 1.54) is 12.1 Å². The van der Waals surface area contributed by atoms with Crippen molar-refractivity contribution in [3.63, 3.8) is 0 Å². The summed E-state index contributed by atoms with van der Waals surface area (Å²) >= 11 is 6.02. The molecule has 3 N–H and O–H groups in total. The highest BCUT2D eigenvalue weighted by Gasteiger charge is 2.50. The van der Waals surface area contributed by atoms with Crippen LogP contribution in [0.25, 0.3) is 0 Å². The van der Waals surface area contributed by atoms with Gasteiger partial charge in [-0.15, -0.1) is 0 Å². The van der Waals surface area contributed by atoms with E-state index >= 15 is 0 Å². The molecule has 0 saturated carbocycles. The topological polar surface area (TPSA) is 125 Å². The fraction of sp³-hybridized carbons (Fsp3) is 0.250. The Balaban J connectivity index is 0.000000461. The average Bonchev–Trinajstić information content (AvgIpc) is 3.16. The van der Waals surface area contributed by atoms with Gasteiger partial charge >= 0.3 is 5.97 Å². The van der Waals surface area contributed by atoms with E-state index in [2.05, 4.69) is 15.0 Å². The lowest BCUT2D eigenvalue weighted by molar-refractivity contribution is -0.136. The van der Waals surface area contributed by atoms with Crippen LogP contribution in [0.2, 0.25) is 5.02 Å². The van der Waals surface area contributed by atoms with E-state index in [1.807, 2.05) is 0 Å². The Labute approximate surface area is 179 Å². The monoisotopic (exact) mass is 449 g/mol. The Kier molecular flexibility index (Phi) is 6.14. The second kappa shape index (κ2) is 8.45. The van der Waals surface area contributed by atoms with E-state index in [0.29, 0.717) is 29.9 Å². The molecule has 1 aromatic carbocycles. The summed E-state index contributed by atoms with van der Waals surface area (Å²) in [6.07, 6.45) is 7.17. The molecule has 2 heterocycles. The van der Waals surface area contributed by atoms with Crippen molar-refractivity contribution in [2.75, 3.05) is 6.54 Å². The Morgan fingerprint density at radius 3 is 2.67 bits per heavy atom. The predicted molar refractivity (Wildman–Crippen MR) is 113 cm³/mol. The maximum Gasteiger partial charge on any atom is 0.303 e. The average molecular weight is 450 g/mol. The Morgan fingerprint density at radius 2 is 2.00 bits per heavy atom. The molecule has 3 aliphatic rings. The molecular formula is C20H20ClN3O5S. The molecular weight excluding hydrogens is 430 g/mol. The lowest BCUT2D eigenvalue weighted by Gasteiger charge is -2.36. The fourth-order valence-corrected chi connectivity index (χ4v) is 4.90. The van der Waals surface area contributed by atoms with Gasteiger partial charge in [0.25, 0.3) is 10.0 Å². The number of nitrogens with one attached hydrogen (secondary N) is 2. The van der Waals surface area contributed by atoms with E-state index in [0.717, 1.165) is 0 Å². The third-order valence-corrected chi connectivity index (χ3v) is 6.61. The van der Waals surface area contributed by atoms with Gasteiger partial charge in [0, 0.05) is 25.0 Å². The molecule has 0 saturated heterocycles. The lowest BCUT2D eigenvalue weighted by Crippen LogP contribution is -2.58. The zero-order valence-corrected chi connectivity index (χ0v) is 17.6. The summed E-state index contributed by atoms with van der Waals surface area (Å²) in [6.45, 7) is 2.04. The number of carbonyl (C=O) groups is 2. The van der Waals surface area contributed by atoms with Gasteiger partial charge in [0.05, 0.1) is 16.4 Å². The van der Waals surface area contributed by atoms with Crippen molar-refractivity contribution in [1.29, 1.82) is 0 Å². The number of allylic oxidation sites excluding steroid dienone is 1. The zero-order valence-electron chi connectivity index (χ0n) is 16.1. The van der Waals surface area contributed by atoms with Crippen LogP contribution >= 0.6 is 11.6 Å². The molecule has 10 heteroatoms. The Morgan fingerprint density at radius 1 is 1.30 bits per heavy atom. The first-order valence-corrected chi connectivity index (χ1v) is 11.0. The minimum absolute atomic E-state index is 0.0170. The van der Waals surface area contributed by atoms with E-state index in [-0.39, 0.29) is 22.1 Å². The van der Waals surface area contributed by atoms with Gasteiger partial charge in [-0.1, -0.05) is 30.7 Å². The van der Waals surface area contributed by atoms with Crippen LogP contribution < -0.4 is 10.0 Å². The van der Waals surface area contributed by atoms with Crippen LogP contribution in [0.1, 0.15) is 19.8 Å². The Hall–Kier alpha value is -2.91. The number of carboxylic acids is 1. The van der Waals surface area contributed by atoms with Gasteiger partial charge in [0.1, 0.15) is 4.90 Å². The number of sulfonamides is 1. The number of hydrogen-bond donors (Lipinski definition) is 3. The molecule has 1 spiro atoms. The van der Waals surface area contributed by atoms with Crippen molar-refractivity contribution in [2.24, 2.45) is 4.99 Å². The number of nitrogens with zero attached hydrogens (tertiary/aromatic N) is 1. The highest BCUT2D eigenvalue weighted by atomic mass is 35.5. The highest BCUT2D eigenvalue weighted by Crippen LogP contribution is 2.36. The molecule has 4 rings (SSSR count). The van der Waals surface area contributed by atoms with Crippen molar-refractivity contribution >= 4 is 39.1 Å². The lowest BCUT2D eigenvalue weighted by atomic mass is 9.76. The molecule has 1 aromatic rings. The van der Waals surface area contributed by atoms with Crippen molar-refractivity contribution in [2.45, 2.75) is 30.2 Å². The van der Waals surface area contributed by atoms with Crippen LogP contribution in [0.4, 0.5) is 0 Å². The molecule has 0 radical (unpaired) electrons. The molecule has 8 nitrogen and oxygen atoms in total. The molecule has 2 aliphatic heterocycles. The number of aliphatic imine (C=N–C) groups is 1. The summed E-state index contributed by atoms with van der Waals surface area (Å²) in [4.78, 5) is 26.4. The first-order valence-electron chi connectivity index (χ1n) is 9.17. The number of halogens is 1. The van der Waals surface area contributed by atoms with Gasteiger partial charge in [0.2, 0.25) is 0 Å². The number of carboxylic acid groups (broad SMARTS) is 1. The molecule has 1 atom stereocenters. The summed E-state index contributed by atoms with van der Waals surface area (Å²) in [5, 5.41) is 10.9. The van der Waals surface area contributed by atoms with E-state index < -0.39 is 21.5 Å². The van der Waals surface area contributed by atoms with Crippen molar-refractivity contribution in [3.8, 4) is 0 Å². The summed E-state index contributed by atoms with van der Waals surface area (Å²) in [5.74, 6) is -0.777. The fourth-order valence-electron chi connectivity index (χ4n) is 3.30. The van der Waals surface area contributed by atoms with Crippen LogP contribution in [0.15, 0.2) is 69.9 Å². The van der Waals surface area contributed by atoms with E-state index in [9.17, 15) is 18.0 Å². The van der Waals surface area contributed by atoms with Crippen LogP contribution in [-0.4, -0.2) is 43.1 Å². The predicted octanol–water partition coefficient (Wildman–Crippen LogP) is 2.19. The van der Waals surface area contributed by atoms with Crippen LogP contribution in [0.3, 0.4) is 0 Å². The zero-order chi connectivity index (χ0) is 21.9. The maximum absolute atomic E-state index is 12.7. The van der Waals surface area contributed by atoms with Gasteiger partial charge in [0.15, 0.2) is 11.3 Å². The first kappa shape index (κ1) is 21.8.